The van der Waals surface area contributed by atoms with Gasteiger partial charge in [-0.3, -0.25) is 9.59 Å². The van der Waals surface area contributed by atoms with Gasteiger partial charge in [0.05, 0.1) is 13.0 Å². The van der Waals surface area contributed by atoms with Gasteiger partial charge in [0.25, 0.3) is 5.91 Å². The molecule has 24 heavy (non-hydrogen) atoms. The summed E-state index contributed by atoms with van der Waals surface area (Å²) in [5.74, 6) is -1.31. The van der Waals surface area contributed by atoms with Crippen LogP contribution in [0, 0.1) is 5.92 Å². The number of para-hydroxylation sites is 1. The first-order valence-corrected chi connectivity index (χ1v) is 7.88. The third-order valence-electron chi connectivity index (χ3n) is 3.75. The van der Waals surface area contributed by atoms with E-state index in [0.29, 0.717) is 23.9 Å². The minimum atomic E-state index is -0.675. The van der Waals surface area contributed by atoms with E-state index < -0.39 is 23.4 Å². The van der Waals surface area contributed by atoms with Crippen LogP contribution in [0.3, 0.4) is 0 Å². The average Bonchev–Trinajstić information content (AvgIpc) is 2.59. The Morgan fingerprint density at radius 3 is 2.67 bits per heavy atom. The quantitative estimate of drug-likeness (QED) is 0.600. The van der Waals surface area contributed by atoms with Gasteiger partial charge in [0.1, 0.15) is 11.1 Å². The Morgan fingerprint density at radius 2 is 2.00 bits per heavy atom. The number of fused-ring (bicyclic) bond motifs is 1. The molecule has 0 radical (unpaired) electrons. The molecule has 0 aliphatic rings. The number of esters is 1. The molecule has 0 aliphatic carbocycles. The number of carbonyl (C=O) groups is 2. The molecule has 0 fully saturated rings. The topological polar surface area (TPSA) is 76.8 Å². The van der Waals surface area contributed by atoms with Gasteiger partial charge >= 0.3 is 11.6 Å². The summed E-state index contributed by atoms with van der Waals surface area (Å²) in [4.78, 5) is 38.0. The molecule has 2 rings (SSSR count). The van der Waals surface area contributed by atoms with Gasteiger partial charge < -0.3 is 14.1 Å². The molecule has 1 atom stereocenters. The maximum atomic E-state index is 12.8. The summed E-state index contributed by atoms with van der Waals surface area (Å²) in [7, 11) is 1.31. The summed E-state index contributed by atoms with van der Waals surface area (Å²) < 4.78 is 9.92. The zero-order chi connectivity index (χ0) is 17.7. The smallest absolute Gasteiger partial charge is 0.349 e. The molecule has 0 saturated heterocycles. The molecular formula is C18H21NO5. The second-order valence-corrected chi connectivity index (χ2v) is 5.66. The summed E-state index contributed by atoms with van der Waals surface area (Å²) >= 11 is 0. The number of hydrogen-bond donors (Lipinski definition) is 0. The van der Waals surface area contributed by atoms with Gasteiger partial charge in [0.15, 0.2) is 0 Å². The Bertz CT molecular complexity index is 795. The number of carbonyl (C=O) groups excluding carboxylic acids is 2. The van der Waals surface area contributed by atoms with Crippen LogP contribution in [0.5, 0.6) is 0 Å². The Labute approximate surface area is 140 Å². The lowest BCUT2D eigenvalue weighted by Crippen LogP contribution is -2.39. The number of nitrogens with zero attached hydrogens (tertiary/aromatic N) is 1. The maximum Gasteiger partial charge on any atom is 0.349 e. The maximum absolute atomic E-state index is 12.8. The van der Waals surface area contributed by atoms with Gasteiger partial charge in [0, 0.05) is 18.5 Å². The van der Waals surface area contributed by atoms with Crippen molar-refractivity contribution >= 4 is 22.8 Å². The van der Waals surface area contributed by atoms with Crippen molar-refractivity contribution in [1.82, 2.24) is 4.90 Å². The third kappa shape index (κ3) is 3.82. The van der Waals surface area contributed by atoms with E-state index in [4.69, 9.17) is 9.15 Å². The fourth-order valence-corrected chi connectivity index (χ4v) is 2.53. The first kappa shape index (κ1) is 17.7. The summed E-state index contributed by atoms with van der Waals surface area (Å²) in [6.45, 7) is 4.23. The van der Waals surface area contributed by atoms with Gasteiger partial charge in [-0.25, -0.2) is 4.79 Å². The Morgan fingerprint density at radius 1 is 1.29 bits per heavy atom. The molecule has 0 saturated carbocycles. The zero-order valence-electron chi connectivity index (χ0n) is 14.1. The summed E-state index contributed by atoms with van der Waals surface area (Å²) in [5, 5.41) is 0.679. The molecule has 2 aromatic rings. The standard InChI is InChI=1S/C18H21NO5/c1-4-9-19(11-12(2)17(21)23-3)16(20)14-10-13-7-5-6-8-15(13)24-18(14)22/h5-8,10,12H,4,9,11H2,1-3H3. The van der Waals surface area contributed by atoms with Crippen molar-refractivity contribution < 1.29 is 18.7 Å². The highest BCUT2D eigenvalue weighted by molar-refractivity contribution is 5.96. The second kappa shape index (κ2) is 7.77. The molecular weight excluding hydrogens is 310 g/mol. The van der Waals surface area contributed by atoms with Crippen LogP contribution >= 0.6 is 0 Å². The van der Waals surface area contributed by atoms with E-state index in [0.717, 1.165) is 0 Å². The van der Waals surface area contributed by atoms with Crippen molar-refractivity contribution in [3.63, 3.8) is 0 Å². The van der Waals surface area contributed by atoms with Gasteiger partial charge in [-0.1, -0.05) is 32.0 Å². The molecule has 0 spiro atoms. The predicted molar refractivity (Wildman–Crippen MR) is 89.9 cm³/mol. The molecule has 1 amide bonds. The van der Waals surface area contributed by atoms with Crippen molar-refractivity contribution in [2.45, 2.75) is 20.3 Å². The van der Waals surface area contributed by atoms with E-state index in [1.54, 1.807) is 31.2 Å². The number of rotatable bonds is 6. The predicted octanol–water partition coefficient (Wildman–Crippen LogP) is 2.45. The van der Waals surface area contributed by atoms with Crippen molar-refractivity contribution in [2.24, 2.45) is 5.92 Å². The van der Waals surface area contributed by atoms with Crippen LogP contribution in [0.1, 0.15) is 30.6 Å². The Kier molecular flexibility index (Phi) is 5.73. The average molecular weight is 331 g/mol. The van der Waals surface area contributed by atoms with E-state index in [2.05, 4.69) is 0 Å². The van der Waals surface area contributed by atoms with Crippen molar-refractivity contribution in [2.75, 3.05) is 20.2 Å². The zero-order valence-corrected chi connectivity index (χ0v) is 14.1. The fourth-order valence-electron chi connectivity index (χ4n) is 2.53. The Balaban J connectivity index is 2.34. The number of hydrogen-bond acceptors (Lipinski definition) is 5. The molecule has 128 valence electrons. The van der Waals surface area contributed by atoms with E-state index in [9.17, 15) is 14.4 Å². The van der Waals surface area contributed by atoms with Crippen molar-refractivity contribution in [3.8, 4) is 0 Å². The van der Waals surface area contributed by atoms with E-state index >= 15 is 0 Å². The van der Waals surface area contributed by atoms with Crippen LogP contribution in [0.15, 0.2) is 39.5 Å². The lowest BCUT2D eigenvalue weighted by molar-refractivity contribution is -0.145. The number of ether oxygens (including phenoxy) is 1. The van der Waals surface area contributed by atoms with Gasteiger partial charge in [-0.2, -0.15) is 0 Å². The van der Waals surface area contributed by atoms with Crippen LogP contribution < -0.4 is 5.63 Å². The molecule has 6 heteroatoms. The summed E-state index contributed by atoms with van der Waals surface area (Å²) in [6, 6.07) is 8.55. The largest absolute Gasteiger partial charge is 0.469 e. The fraction of sp³-hybridized carbons (Fsp3) is 0.389. The molecule has 1 unspecified atom stereocenters. The van der Waals surface area contributed by atoms with Crippen LogP contribution in [0.4, 0.5) is 0 Å². The molecule has 6 nitrogen and oxygen atoms in total. The SMILES string of the molecule is CCCN(CC(C)C(=O)OC)C(=O)c1cc2ccccc2oc1=O. The van der Waals surface area contributed by atoms with Gasteiger partial charge in [-0.05, 0) is 18.6 Å². The molecule has 1 aromatic heterocycles. The highest BCUT2D eigenvalue weighted by Crippen LogP contribution is 2.15. The normalized spacial score (nSPS) is 12.0. The molecule has 0 bridgehead atoms. The van der Waals surface area contributed by atoms with Crippen LogP contribution in [-0.2, 0) is 9.53 Å². The molecule has 1 aromatic carbocycles. The highest BCUT2D eigenvalue weighted by Gasteiger charge is 2.24. The van der Waals surface area contributed by atoms with Crippen molar-refractivity contribution in [3.05, 3.63) is 46.3 Å². The van der Waals surface area contributed by atoms with E-state index in [-0.39, 0.29) is 12.1 Å². The lowest BCUT2D eigenvalue weighted by Gasteiger charge is -2.24. The summed E-state index contributed by atoms with van der Waals surface area (Å²) in [6.07, 6.45) is 0.707. The first-order chi connectivity index (χ1) is 11.5. The second-order valence-electron chi connectivity index (χ2n) is 5.66. The van der Waals surface area contributed by atoms with Crippen LogP contribution in [0.2, 0.25) is 0 Å². The summed E-state index contributed by atoms with van der Waals surface area (Å²) in [5.41, 5.74) is -0.270. The van der Waals surface area contributed by atoms with Crippen LogP contribution in [0.25, 0.3) is 11.0 Å². The van der Waals surface area contributed by atoms with Crippen molar-refractivity contribution in [1.29, 1.82) is 0 Å². The van der Waals surface area contributed by atoms with Crippen LogP contribution in [-0.4, -0.2) is 37.0 Å². The molecule has 1 heterocycles. The number of methoxy groups -OCH3 is 1. The number of amides is 1. The molecule has 0 N–H and O–H groups in total. The highest BCUT2D eigenvalue weighted by atomic mass is 16.5. The first-order valence-electron chi connectivity index (χ1n) is 7.88. The minimum absolute atomic E-state index is 0.0285. The third-order valence-corrected chi connectivity index (χ3v) is 3.75. The lowest BCUT2D eigenvalue weighted by atomic mass is 10.1. The Hall–Kier alpha value is -2.63. The monoisotopic (exact) mass is 331 g/mol. The minimum Gasteiger partial charge on any atom is -0.469 e. The van der Waals surface area contributed by atoms with E-state index in [1.807, 2.05) is 6.92 Å². The number of benzene rings is 1. The molecule has 0 aliphatic heterocycles. The van der Waals surface area contributed by atoms with Gasteiger partial charge in [-0.15, -0.1) is 0 Å². The van der Waals surface area contributed by atoms with Gasteiger partial charge in [0.2, 0.25) is 0 Å². The van der Waals surface area contributed by atoms with E-state index in [1.165, 1.54) is 18.1 Å².